The molecule has 0 bridgehead atoms. The molecule has 98 valence electrons. The molecule has 0 radical (unpaired) electrons. The van der Waals surface area contributed by atoms with Crippen molar-refractivity contribution in [2.45, 2.75) is 19.4 Å². The second kappa shape index (κ2) is 4.96. The molecule has 0 saturated carbocycles. The van der Waals surface area contributed by atoms with Gasteiger partial charge in [0.15, 0.2) is 5.58 Å². The van der Waals surface area contributed by atoms with Gasteiger partial charge in [-0.25, -0.2) is 4.79 Å². The molecule has 0 amide bonds. The van der Waals surface area contributed by atoms with Crippen molar-refractivity contribution in [1.29, 1.82) is 0 Å². The first-order valence-corrected chi connectivity index (χ1v) is 6.08. The molecule has 5 nitrogen and oxygen atoms in total. The third kappa shape index (κ3) is 2.32. The van der Waals surface area contributed by atoms with Crippen LogP contribution in [-0.4, -0.2) is 11.1 Å². The van der Waals surface area contributed by atoms with Crippen LogP contribution in [0, 0.1) is 5.92 Å². The highest BCUT2D eigenvalue weighted by atomic mass is 16.4. The van der Waals surface area contributed by atoms with Gasteiger partial charge in [0.25, 0.3) is 0 Å². The van der Waals surface area contributed by atoms with Crippen molar-refractivity contribution in [3.8, 4) is 0 Å². The summed E-state index contributed by atoms with van der Waals surface area (Å²) in [6, 6.07) is 5.53. The molecule has 0 saturated heterocycles. The van der Waals surface area contributed by atoms with E-state index < -0.39 is 0 Å². The van der Waals surface area contributed by atoms with E-state index in [1.165, 1.54) is 4.57 Å². The van der Waals surface area contributed by atoms with Crippen LogP contribution < -0.4 is 17.2 Å². The number of hydrogen-bond acceptors (Lipinski definition) is 4. The lowest BCUT2D eigenvalue weighted by Gasteiger charge is -2.16. The zero-order valence-corrected chi connectivity index (χ0v) is 10.7. The molecule has 0 aliphatic heterocycles. The first-order valence-electron chi connectivity index (χ1n) is 6.08. The molecule has 0 aliphatic carbocycles. The number of aromatic nitrogens is 1. The minimum atomic E-state index is -0.356. The Morgan fingerprint density at radius 2 is 2.17 bits per heavy atom. The van der Waals surface area contributed by atoms with Crippen molar-refractivity contribution in [3.05, 3.63) is 34.3 Å². The number of nitrogens with zero attached hydrogens (tertiary/aromatic N) is 1. The van der Waals surface area contributed by atoms with Crippen LogP contribution >= 0.6 is 0 Å². The Morgan fingerprint density at radius 1 is 1.44 bits per heavy atom. The Balaban J connectivity index is 2.34. The van der Waals surface area contributed by atoms with Crippen molar-refractivity contribution < 1.29 is 4.42 Å². The highest BCUT2D eigenvalue weighted by Crippen LogP contribution is 2.22. The third-order valence-corrected chi connectivity index (χ3v) is 3.30. The van der Waals surface area contributed by atoms with Crippen LogP contribution in [0.1, 0.15) is 24.9 Å². The Bertz CT molecular complexity index is 600. The summed E-state index contributed by atoms with van der Waals surface area (Å²) in [5.41, 5.74) is 14.1. The third-order valence-electron chi connectivity index (χ3n) is 3.30. The van der Waals surface area contributed by atoms with Crippen molar-refractivity contribution >= 4 is 11.1 Å². The zero-order chi connectivity index (χ0) is 13.3. The summed E-state index contributed by atoms with van der Waals surface area (Å²) in [4.78, 5) is 11.4. The highest BCUT2D eigenvalue weighted by molar-refractivity contribution is 5.73. The summed E-state index contributed by atoms with van der Waals surface area (Å²) in [6.45, 7) is 2.70. The number of benzene rings is 1. The van der Waals surface area contributed by atoms with Gasteiger partial charge in [-0.1, -0.05) is 13.0 Å². The second-order valence-corrected chi connectivity index (χ2v) is 4.84. The fourth-order valence-corrected chi connectivity index (χ4v) is 2.04. The van der Waals surface area contributed by atoms with Crippen LogP contribution in [0.4, 0.5) is 0 Å². The molecule has 5 heteroatoms. The lowest BCUT2D eigenvalue weighted by atomic mass is 9.96. The normalized spacial score (nSPS) is 14.9. The summed E-state index contributed by atoms with van der Waals surface area (Å²) in [5.74, 6) is 0.0231. The average Bonchev–Trinajstić information content (AvgIpc) is 2.64. The molecule has 0 aliphatic rings. The van der Waals surface area contributed by atoms with Gasteiger partial charge in [0.1, 0.15) is 0 Å². The van der Waals surface area contributed by atoms with E-state index in [9.17, 15) is 4.79 Å². The summed E-state index contributed by atoms with van der Waals surface area (Å²) >= 11 is 0. The summed E-state index contributed by atoms with van der Waals surface area (Å²) in [7, 11) is 1.69. The maximum atomic E-state index is 11.4. The van der Waals surface area contributed by atoms with Gasteiger partial charge in [-0.05, 0) is 36.6 Å². The average molecular weight is 249 g/mol. The second-order valence-electron chi connectivity index (χ2n) is 4.84. The summed E-state index contributed by atoms with van der Waals surface area (Å²) in [5, 5.41) is 0. The van der Waals surface area contributed by atoms with E-state index in [1.54, 1.807) is 13.1 Å². The molecule has 2 aromatic rings. The number of fused-ring (bicyclic) bond motifs is 1. The quantitative estimate of drug-likeness (QED) is 0.850. The topological polar surface area (TPSA) is 87.2 Å². The number of rotatable bonds is 4. The minimum absolute atomic E-state index is 0.0713. The van der Waals surface area contributed by atoms with Crippen LogP contribution in [0.5, 0.6) is 0 Å². The lowest BCUT2D eigenvalue weighted by molar-refractivity contribution is 0.482. The van der Waals surface area contributed by atoms with Gasteiger partial charge < -0.3 is 15.9 Å². The Hall–Kier alpha value is -1.59. The van der Waals surface area contributed by atoms with Gasteiger partial charge in [0.05, 0.1) is 5.52 Å². The number of oxazole rings is 1. The van der Waals surface area contributed by atoms with E-state index in [0.717, 1.165) is 17.5 Å². The van der Waals surface area contributed by atoms with E-state index in [0.29, 0.717) is 18.0 Å². The standard InChI is InChI=1S/C13H19N3O2/c1-8(7-14)5-10(15)9-3-4-12-11(6-9)16(2)13(17)18-12/h3-4,6,8,10H,5,7,14-15H2,1-2H3. The van der Waals surface area contributed by atoms with Crippen LogP contribution in [0.3, 0.4) is 0 Å². The molecular weight excluding hydrogens is 230 g/mol. The fourth-order valence-electron chi connectivity index (χ4n) is 2.04. The highest BCUT2D eigenvalue weighted by Gasteiger charge is 2.13. The predicted molar refractivity (Wildman–Crippen MR) is 71.2 cm³/mol. The first kappa shape index (κ1) is 12.9. The predicted octanol–water partition coefficient (Wildman–Crippen LogP) is 1.12. The van der Waals surface area contributed by atoms with E-state index in [-0.39, 0.29) is 11.8 Å². The Morgan fingerprint density at radius 3 is 2.83 bits per heavy atom. The van der Waals surface area contributed by atoms with Crippen LogP contribution in [-0.2, 0) is 7.05 Å². The molecule has 4 N–H and O–H groups in total. The zero-order valence-electron chi connectivity index (χ0n) is 10.7. The van der Waals surface area contributed by atoms with E-state index in [2.05, 4.69) is 6.92 Å². The van der Waals surface area contributed by atoms with Gasteiger partial charge in [-0.3, -0.25) is 4.57 Å². The van der Waals surface area contributed by atoms with Gasteiger partial charge in [0, 0.05) is 13.1 Å². The van der Waals surface area contributed by atoms with Crippen molar-refractivity contribution in [2.75, 3.05) is 6.54 Å². The molecule has 18 heavy (non-hydrogen) atoms. The molecule has 1 heterocycles. The Kier molecular flexibility index (Phi) is 3.54. The minimum Gasteiger partial charge on any atom is -0.408 e. The lowest BCUT2D eigenvalue weighted by Crippen LogP contribution is -2.19. The van der Waals surface area contributed by atoms with Gasteiger partial charge in [0.2, 0.25) is 0 Å². The van der Waals surface area contributed by atoms with Crippen molar-refractivity contribution in [3.63, 3.8) is 0 Å². The number of aryl methyl sites for hydroxylation is 1. The molecule has 0 spiro atoms. The van der Waals surface area contributed by atoms with Gasteiger partial charge in [-0.2, -0.15) is 0 Å². The first-order chi connectivity index (χ1) is 8.52. The summed E-state index contributed by atoms with van der Waals surface area (Å²) < 4.78 is 6.57. The summed E-state index contributed by atoms with van der Waals surface area (Å²) in [6.07, 6.45) is 0.827. The maximum Gasteiger partial charge on any atom is 0.419 e. The van der Waals surface area contributed by atoms with E-state index in [1.807, 2.05) is 12.1 Å². The smallest absolute Gasteiger partial charge is 0.408 e. The van der Waals surface area contributed by atoms with Gasteiger partial charge in [-0.15, -0.1) is 0 Å². The van der Waals surface area contributed by atoms with Crippen molar-refractivity contribution in [1.82, 2.24) is 4.57 Å². The molecule has 2 unspecified atom stereocenters. The van der Waals surface area contributed by atoms with E-state index in [4.69, 9.17) is 15.9 Å². The molecule has 1 aromatic heterocycles. The van der Waals surface area contributed by atoms with Crippen LogP contribution in [0.2, 0.25) is 0 Å². The van der Waals surface area contributed by atoms with Gasteiger partial charge >= 0.3 is 5.76 Å². The van der Waals surface area contributed by atoms with Crippen LogP contribution in [0.15, 0.2) is 27.4 Å². The Labute approximate surface area is 105 Å². The van der Waals surface area contributed by atoms with E-state index >= 15 is 0 Å². The van der Waals surface area contributed by atoms with Crippen molar-refractivity contribution in [2.24, 2.45) is 24.4 Å². The molecule has 2 atom stereocenters. The number of nitrogens with two attached hydrogens (primary N) is 2. The molecule has 2 rings (SSSR count). The largest absolute Gasteiger partial charge is 0.419 e. The monoisotopic (exact) mass is 249 g/mol. The van der Waals surface area contributed by atoms with Crippen LogP contribution in [0.25, 0.3) is 11.1 Å². The molecular formula is C13H19N3O2. The maximum absolute atomic E-state index is 11.4. The number of hydrogen-bond donors (Lipinski definition) is 2. The molecule has 1 aromatic carbocycles. The SMILES string of the molecule is CC(CN)CC(N)c1ccc2oc(=O)n(C)c2c1. The molecule has 0 fully saturated rings. The fraction of sp³-hybridized carbons (Fsp3) is 0.462.